The number of phenols is 1. The van der Waals surface area contributed by atoms with E-state index in [0.29, 0.717) is 43.9 Å². The van der Waals surface area contributed by atoms with E-state index < -0.39 is 58.0 Å². The van der Waals surface area contributed by atoms with Gasteiger partial charge in [0, 0.05) is 37.5 Å². The first kappa shape index (κ1) is 31.1. The van der Waals surface area contributed by atoms with Crippen molar-refractivity contribution in [1.29, 1.82) is 0 Å². The number of carbonyl (C=O) groups excluding carboxylic acids is 4. The zero-order valence-corrected chi connectivity index (χ0v) is 24.8. The molecule has 1 saturated carbocycles. The number of fused-ring (bicyclic) bond motifs is 3. The number of nitrogens with two attached hydrogens (primary N) is 1. The summed E-state index contributed by atoms with van der Waals surface area (Å²) in [6, 6.07) is 0.142. The predicted molar refractivity (Wildman–Crippen MR) is 156 cm³/mol. The lowest BCUT2D eigenvalue weighted by atomic mass is 9.57. The third-order valence-electron chi connectivity index (χ3n) is 8.94. The summed E-state index contributed by atoms with van der Waals surface area (Å²) in [6.45, 7) is 3.55. The van der Waals surface area contributed by atoms with Gasteiger partial charge in [0.15, 0.2) is 11.4 Å². The molecule has 1 saturated heterocycles. The Hall–Kier alpha value is -4.38. The first-order valence-corrected chi connectivity index (χ1v) is 14.5. The number of hydrogen-bond donors (Lipinski definition) is 6. The topological polar surface area (TPSA) is 203 Å². The van der Waals surface area contributed by atoms with Crippen molar-refractivity contribution in [3.8, 4) is 17.6 Å². The van der Waals surface area contributed by atoms with Gasteiger partial charge in [0.1, 0.15) is 22.8 Å². The second-order valence-electron chi connectivity index (χ2n) is 11.7. The van der Waals surface area contributed by atoms with Gasteiger partial charge in [0.2, 0.25) is 5.78 Å². The number of hydrogen-bond acceptors (Lipinski definition) is 10. The van der Waals surface area contributed by atoms with Crippen LogP contribution in [0.4, 0.5) is 4.79 Å². The van der Waals surface area contributed by atoms with Crippen molar-refractivity contribution in [2.24, 2.45) is 17.6 Å². The van der Waals surface area contributed by atoms with E-state index in [4.69, 9.17) is 10.5 Å². The molecule has 3 amide bonds. The molecule has 1 aromatic rings. The van der Waals surface area contributed by atoms with Crippen molar-refractivity contribution in [1.82, 2.24) is 15.1 Å². The summed E-state index contributed by atoms with van der Waals surface area (Å²) in [5.41, 5.74) is 2.66. The third-order valence-corrected chi connectivity index (χ3v) is 8.94. The number of primary amides is 1. The van der Waals surface area contributed by atoms with E-state index in [1.54, 1.807) is 25.1 Å². The number of phenolic OH excluding ortho intramolecular Hbond substituents is 1. The molecule has 44 heavy (non-hydrogen) atoms. The third kappa shape index (κ3) is 4.79. The molecule has 0 aromatic heterocycles. The molecule has 1 heterocycles. The van der Waals surface area contributed by atoms with Crippen molar-refractivity contribution in [2.75, 3.05) is 40.4 Å². The van der Waals surface area contributed by atoms with E-state index >= 15 is 0 Å². The Bertz CT molecular complexity index is 1580. The molecular formula is C31H36N4O9. The number of Topliss-reactive ketones (excluding diaryl/α,β-unsaturated/α-hetero) is 2. The van der Waals surface area contributed by atoms with E-state index in [-0.39, 0.29) is 47.9 Å². The number of nitrogens with zero attached hydrogens (tertiary/aromatic N) is 2. The predicted octanol–water partition coefficient (Wildman–Crippen LogP) is 0.267. The Morgan fingerprint density at radius 3 is 2.50 bits per heavy atom. The van der Waals surface area contributed by atoms with Crippen LogP contribution in [0.2, 0.25) is 0 Å². The summed E-state index contributed by atoms with van der Waals surface area (Å²) in [5, 5.41) is 48.6. The zero-order valence-electron chi connectivity index (χ0n) is 24.8. The van der Waals surface area contributed by atoms with E-state index in [0.717, 1.165) is 0 Å². The lowest BCUT2D eigenvalue weighted by molar-refractivity contribution is -0.153. The van der Waals surface area contributed by atoms with Gasteiger partial charge < -0.3 is 41.1 Å². The van der Waals surface area contributed by atoms with Crippen LogP contribution in [0.3, 0.4) is 0 Å². The molecular weight excluding hydrogens is 572 g/mol. The van der Waals surface area contributed by atoms with Crippen molar-refractivity contribution in [3.05, 3.63) is 45.2 Å². The molecule has 5 rings (SSSR count). The maximum atomic E-state index is 14.1. The molecule has 1 aromatic carbocycles. The summed E-state index contributed by atoms with van der Waals surface area (Å²) >= 11 is 0. The van der Waals surface area contributed by atoms with Gasteiger partial charge >= 0.3 is 6.03 Å². The zero-order chi connectivity index (χ0) is 32.1. The minimum Gasteiger partial charge on any atom is -0.508 e. The highest BCUT2D eigenvalue weighted by atomic mass is 16.5. The first-order chi connectivity index (χ1) is 20.8. The number of urea groups is 1. The van der Waals surface area contributed by atoms with Gasteiger partial charge in [-0.25, -0.2) is 4.79 Å². The van der Waals surface area contributed by atoms with Crippen molar-refractivity contribution in [2.45, 2.75) is 44.4 Å². The SMILES string of the molecule is CCC#Cc1cc(CNC(=O)N2CCOCC2)c2c(c1O)C(O)=C1C(=O)[C@]3(O)C(O)=C(C(N)=O)C(=O)[C@@H](N(C)C)[C@@H]3C[C@@H]1C2. The molecule has 4 aliphatic rings. The number of carbonyl (C=O) groups is 4. The lowest BCUT2D eigenvalue weighted by Crippen LogP contribution is -2.65. The van der Waals surface area contributed by atoms with Crippen molar-refractivity contribution in [3.63, 3.8) is 0 Å². The molecule has 234 valence electrons. The van der Waals surface area contributed by atoms with E-state index in [1.165, 1.54) is 4.90 Å². The van der Waals surface area contributed by atoms with Gasteiger partial charge in [-0.1, -0.05) is 18.8 Å². The second-order valence-corrected chi connectivity index (χ2v) is 11.7. The van der Waals surface area contributed by atoms with Crippen LogP contribution in [0, 0.1) is 23.7 Å². The van der Waals surface area contributed by atoms with Crippen LogP contribution in [-0.2, 0) is 32.1 Å². The Morgan fingerprint density at radius 1 is 1.20 bits per heavy atom. The van der Waals surface area contributed by atoms with Crippen LogP contribution in [-0.4, -0.2) is 106 Å². The fraction of sp³-hybridized carbons (Fsp3) is 0.484. The molecule has 0 radical (unpaired) electrons. The minimum atomic E-state index is -2.73. The maximum absolute atomic E-state index is 14.1. The fourth-order valence-electron chi connectivity index (χ4n) is 6.87. The number of nitrogens with one attached hydrogen (secondary N) is 1. The summed E-state index contributed by atoms with van der Waals surface area (Å²) in [7, 11) is 3.08. The van der Waals surface area contributed by atoms with Crippen LogP contribution in [0.1, 0.15) is 42.0 Å². The average molecular weight is 609 g/mol. The standard InChI is InChI=1S/C31H36N4O9/c1-4-5-6-15-11-17(14-33-30(42)35-7-9-44-10-8-35)18-12-16-13-19-23(34(2)3)26(38)22(29(32)41)28(40)31(19,43)27(39)20(16)25(37)21(18)24(15)36/h11,16,19,23,36-37,40,43H,4,7-10,12-14H2,1-3H3,(H2,32,41)(H,33,42)/t16-,19-,23-,31-/m0/s1. The summed E-state index contributed by atoms with van der Waals surface area (Å²) in [6.07, 6.45) is 0.539. The van der Waals surface area contributed by atoms with Gasteiger partial charge in [-0.15, -0.1) is 0 Å². The molecule has 1 aliphatic heterocycles. The molecule has 13 nitrogen and oxygen atoms in total. The summed E-state index contributed by atoms with van der Waals surface area (Å²) < 4.78 is 5.31. The number of amides is 3. The number of aromatic hydroxyl groups is 1. The Morgan fingerprint density at radius 2 is 1.89 bits per heavy atom. The van der Waals surface area contributed by atoms with Crippen LogP contribution in [0.15, 0.2) is 23.0 Å². The Kier molecular flexibility index (Phi) is 8.19. The molecule has 7 N–H and O–H groups in total. The highest BCUT2D eigenvalue weighted by molar-refractivity contribution is 6.24. The number of likely N-dealkylation sites (N-methyl/N-ethyl adjacent to an activating group) is 1. The summed E-state index contributed by atoms with van der Waals surface area (Å²) in [4.78, 5) is 55.5. The molecule has 4 atom stereocenters. The summed E-state index contributed by atoms with van der Waals surface area (Å²) in [5.74, 6) is -1.53. The number of aliphatic hydroxyl groups excluding tert-OH is 2. The second kappa shape index (κ2) is 11.6. The number of morpholine rings is 1. The Balaban J connectivity index is 1.64. The number of rotatable bonds is 4. The van der Waals surface area contributed by atoms with Crippen LogP contribution < -0.4 is 11.1 Å². The molecule has 0 spiro atoms. The number of benzene rings is 1. The largest absolute Gasteiger partial charge is 0.508 e. The normalized spacial score (nSPS) is 26.5. The van der Waals surface area contributed by atoms with Gasteiger partial charge in [0.05, 0.1) is 30.4 Å². The molecule has 0 unspecified atom stereocenters. The van der Waals surface area contributed by atoms with Gasteiger partial charge in [0.25, 0.3) is 5.91 Å². The smallest absolute Gasteiger partial charge is 0.317 e. The maximum Gasteiger partial charge on any atom is 0.317 e. The van der Waals surface area contributed by atoms with Crippen molar-refractivity contribution >= 4 is 29.3 Å². The van der Waals surface area contributed by atoms with Crippen molar-refractivity contribution < 1.29 is 44.3 Å². The first-order valence-electron chi connectivity index (χ1n) is 14.5. The van der Waals surface area contributed by atoms with E-state index in [2.05, 4.69) is 17.2 Å². The molecule has 2 fully saturated rings. The quantitative estimate of drug-likeness (QED) is 0.203. The monoisotopic (exact) mass is 608 g/mol. The number of ketones is 2. The fourth-order valence-corrected chi connectivity index (χ4v) is 6.87. The number of aliphatic hydroxyl groups is 3. The highest BCUT2D eigenvalue weighted by Crippen LogP contribution is 2.53. The van der Waals surface area contributed by atoms with E-state index in [9.17, 15) is 39.6 Å². The Labute approximate surface area is 253 Å². The lowest BCUT2D eigenvalue weighted by Gasteiger charge is -2.50. The molecule has 0 bridgehead atoms. The molecule has 3 aliphatic carbocycles. The van der Waals surface area contributed by atoms with Gasteiger partial charge in [-0.2, -0.15) is 0 Å². The van der Waals surface area contributed by atoms with Crippen LogP contribution >= 0.6 is 0 Å². The van der Waals surface area contributed by atoms with Crippen LogP contribution in [0.25, 0.3) is 5.76 Å². The van der Waals surface area contributed by atoms with Crippen LogP contribution in [0.5, 0.6) is 5.75 Å². The number of ether oxygens (including phenoxy) is 1. The average Bonchev–Trinajstić information content (AvgIpc) is 2.98. The van der Waals surface area contributed by atoms with Gasteiger partial charge in [-0.05, 0) is 50.0 Å². The minimum absolute atomic E-state index is 0.0283. The van der Waals surface area contributed by atoms with E-state index in [1.807, 2.05) is 6.92 Å². The highest BCUT2D eigenvalue weighted by Gasteiger charge is 2.64. The van der Waals surface area contributed by atoms with Gasteiger partial charge in [-0.3, -0.25) is 19.3 Å². The molecule has 13 heteroatoms.